The highest BCUT2D eigenvalue weighted by molar-refractivity contribution is 5.74. The molecule has 1 rings (SSSR count). The lowest BCUT2D eigenvalue weighted by molar-refractivity contribution is -0.151. The highest BCUT2D eigenvalue weighted by Gasteiger charge is 2.13. The zero-order valence-corrected chi connectivity index (χ0v) is 16.4. The van der Waals surface area contributed by atoms with E-state index in [0.29, 0.717) is 12.2 Å². The van der Waals surface area contributed by atoms with Gasteiger partial charge in [0.1, 0.15) is 18.1 Å². The molecule has 0 aliphatic carbocycles. The van der Waals surface area contributed by atoms with Gasteiger partial charge in [-0.2, -0.15) is 0 Å². The zero-order valence-electron chi connectivity index (χ0n) is 16.4. The minimum atomic E-state index is -0.516. The number of aliphatic hydroxyl groups excluding tert-OH is 1. The summed E-state index contributed by atoms with van der Waals surface area (Å²) >= 11 is 0. The fourth-order valence-corrected chi connectivity index (χ4v) is 1.50. The van der Waals surface area contributed by atoms with Crippen molar-refractivity contribution >= 4 is 11.9 Å². The molecule has 0 spiro atoms. The Morgan fingerprint density at radius 3 is 1.88 bits per heavy atom. The Labute approximate surface area is 156 Å². The number of aliphatic hydroxyl groups is 1. The lowest BCUT2D eigenvalue weighted by atomic mass is 10.1. The van der Waals surface area contributed by atoms with Gasteiger partial charge in [0.2, 0.25) is 0 Å². The summed E-state index contributed by atoms with van der Waals surface area (Å²) in [5, 5.41) is 18.1. The van der Waals surface area contributed by atoms with E-state index in [2.05, 4.69) is 0 Å². The van der Waals surface area contributed by atoms with Gasteiger partial charge in [-0.25, -0.2) is 0 Å². The molecule has 6 heteroatoms. The number of phenols is 1. The van der Waals surface area contributed by atoms with E-state index in [-0.39, 0.29) is 36.1 Å². The first kappa shape index (κ1) is 23.9. The Balaban J connectivity index is 0.000000488. The van der Waals surface area contributed by atoms with Crippen molar-refractivity contribution in [1.82, 2.24) is 0 Å². The normalized spacial score (nSPS) is 13.6. The van der Waals surface area contributed by atoms with Crippen molar-refractivity contribution in [2.45, 2.75) is 60.0 Å². The van der Waals surface area contributed by atoms with Crippen molar-refractivity contribution in [3.05, 3.63) is 24.3 Å². The van der Waals surface area contributed by atoms with Crippen LogP contribution < -0.4 is 4.74 Å². The highest BCUT2D eigenvalue weighted by Crippen LogP contribution is 2.17. The van der Waals surface area contributed by atoms with Gasteiger partial charge >= 0.3 is 11.9 Å². The highest BCUT2D eigenvalue weighted by atomic mass is 16.5. The molecule has 1 aromatic rings. The Morgan fingerprint density at radius 2 is 1.42 bits per heavy atom. The summed E-state index contributed by atoms with van der Waals surface area (Å²) in [5.41, 5.74) is 0. The smallest absolute Gasteiger partial charge is 0.314 e. The number of carbonyl (C=O) groups excluding carboxylic acids is 2. The Morgan fingerprint density at radius 1 is 0.923 bits per heavy atom. The number of carbonyl (C=O) groups is 2. The zero-order chi connectivity index (χ0) is 20.1. The largest absolute Gasteiger partial charge is 0.508 e. The van der Waals surface area contributed by atoms with Crippen LogP contribution in [0.1, 0.15) is 53.9 Å². The number of ether oxygens (including phenoxy) is 2. The Bertz CT molecular complexity index is 526. The molecule has 3 atom stereocenters. The van der Waals surface area contributed by atoms with Crippen LogP contribution in [0.4, 0.5) is 0 Å². The monoisotopic (exact) mass is 368 g/mol. The maximum absolute atomic E-state index is 11.3. The molecule has 148 valence electrons. The Hall–Kier alpha value is -2.08. The summed E-state index contributed by atoms with van der Waals surface area (Å²) in [6, 6.07) is 6.10. The number of aromatic hydroxyl groups is 1. The number of hydrogen-bond acceptors (Lipinski definition) is 6. The lowest BCUT2D eigenvalue weighted by Crippen LogP contribution is -2.21. The summed E-state index contributed by atoms with van der Waals surface area (Å²) in [4.78, 5) is 22.4. The summed E-state index contributed by atoms with van der Waals surface area (Å²) in [7, 11) is 0. The van der Waals surface area contributed by atoms with E-state index in [1.54, 1.807) is 12.1 Å². The molecule has 1 aromatic carbocycles. The molecule has 2 N–H and O–H groups in total. The van der Waals surface area contributed by atoms with Gasteiger partial charge in [0.05, 0.1) is 17.9 Å². The average molecular weight is 368 g/mol. The number of hydrogen-bond donors (Lipinski definition) is 2. The second-order valence-corrected chi connectivity index (χ2v) is 6.23. The molecule has 3 unspecified atom stereocenters. The van der Waals surface area contributed by atoms with Gasteiger partial charge in [0, 0.05) is 0 Å². The number of benzene rings is 1. The van der Waals surface area contributed by atoms with Gasteiger partial charge in [0.15, 0.2) is 0 Å². The number of phenolic OH excluding ortho intramolecular Hbond substituents is 1. The van der Waals surface area contributed by atoms with Crippen LogP contribution in [0.25, 0.3) is 0 Å². The van der Waals surface area contributed by atoms with E-state index in [9.17, 15) is 9.59 Å². The molecule has 0 bridgehead atoms. The molecular weight excluding hydrogens is 336 g/mol. The minimum Gasteiger partial charge on any atom is -0.508 e. The SMILES string of the molecule is CCC(C)C(=O)Oc1ccc(O)cc1.CCC(O)COC(=O)C(C)CC. The lowest BCUT2D eigenvalue weighted by Gasteiger charge is -2.11. The first-order valence-corrected chi connectivity index (χ1v) is 9.10. The van der Waals surface area contributed by atoms with Gasteiger partial charge in [-0.05, 0) is 43.5 Å². The molecule has 0 aliphatic rings. The maximum Gasteiger partial charge on any atom is 0.314 e. The predicted molar refractivity (Wildman–Crippen MR) is 99.9 cm³/mol. The molecular formula is C20H32O6. The van der Waals surface area contributed by atoms with Gasteiger partial charge in [-0.3, -0.25) is 9.59 Å². The van der Waals surface area contributed by atoms with Crippen molar-refractivity contribution in [2.24, 2.45) is 11.8 Å². The van der Waals surface area contributed by atoms with Crippen LogP contribution in [0.3, 0.4) is 0 Å². The van der Waals surface area contributed by atoms with Crippen molar-refractivity contribution in [3.63, 3.8) is 0 Å². The number of rotatable bonds is 8. The van der Waals surface area contributed by atoms with Crippen LogP contribution in [-0.4, -0.2) is 34.9 Å². The van der Waals surface area contributed by atoms with Gasteiger partial charge < -0.3 is 19.7 Å². The Kier molecular flexibility index (Phi) is 12.1. The molecule has 0 aromatic heterocycles. The van der Waals surface area contributed by atoms with Crippen LogP contribution >= 0.6 is 0 Å². The van der Waals surface area contributed by atoms with Crippen LogP contribution in [0.5, 0.6) is 11.5 Å². The first-order valence-electron chi connectivity index (χ1n) is 9.10. The predicted octanol–water partition coefficient (Wildman–Crippen LogP) is 3.69. The van der Waals surface area contributed by atoms with E-state index in [1.807, 2.05) is 34.6 Å². The van der Waals surface area contributed by atoms with Gasteiger partial charge in [-0.1, -0.05) is 34.6 Å². The summed E-state index contributed by atoms with van der Waals surface area (Å²) in [5.74, 6) is 0.0162. The van der Waals surface area contributed by atoms with E-state index < -0.39 is 6.10 Å². The maximum atomic E-state index is 11.3. The molecule has 0 amide bonds. The third-order valence-corrected chi connectivity index (χ3v) is 3.97. The second kappa shape index (κ2) is 13.2. The van der Waals surface area contributed by atoms with Gasteiger partial charge in [0.25, 0.3) is 0 Å². The van der Waals surface area contributed by atoms with E-state index in [4.69, 9.17) is 19.7 Å². The standard InChI is InChI=1S/C11H14O3.C9H18O3/c1-3-8(2)11(13)14-10-6-4-9(12)5-7-10;1-4-7(3)9(11)12-6-8(10)5-2/h4-8,12H,3H2,1-2H3;7-8,10H,4-6H2,1-3H3. The molecule has 6 nitrogen and oxygen atoms in total. The van der Waals surface area contributed by atoms with Crippen LogP contribution in [0, 0.1) is 11.8 Å². The van der Waals surface area contributed by atoms with Crippen molar-refractivity contribution < 1.29 is 29.3 Å². The fourth-order valence-electron chi connectivity index (χ4n) is 1.50. The third kappa shape index (κ3) is 10.0. The summed E-state index contributed by atoms with van der Waals surface area (Å²) < 4.78 is 9.93. The summed E-state index contributed by atoms with van der Waals surface area (Å²) in [6.45, 7) is 9.48. The first-order chi connectivity index (χ1) is 12.2. The average Bonchev–Trinajstić information content (AvgIpc) is 2.66. The molecule has 0 saturated carbocycles. The van der Waals surface area contributed by atoms with E-state index in [0.717, 1.165) is 12.8 Å². The second-order valence-electron chi connectivity index (χ2n) is 6.23. The van der Waals surface area contributed by atoms with Crippen LogP contribution in [0.2, 0.25) is 0 Å². The van der Waals surface area contributed by atoms with Crippen molar-refractivity contribution in [1.29, 1.82) is 0 Å². The fraction of sp³-hybridized carbons (Fsp3) is 0.600. The molecule has 0 aliphatic heterocycles. The van der Waals surface area contributed by atoms with Gasteiger partial charge in [-0.15, -0.1) is 0 Å². The van der Waals surface area contributed by atoms with Crippen molar-refractivity contribution in [3.8, 4) is 11.5 Å². The van der Waals surface area contributed by atoms with Crippen LogP contribution in [0.15, 0.2) is 24.3 Å². The topological polar surface area (TPSA) is 93.1 Å². The molecule has 0 saturated heterocycles. The molecule has 0 radical (unpaired) electrons. The number of esters is 2. The van der Waals surface area contributed by atoms with E-state index >= 15 is 0 Å². The van der Waals surface area contributed by atoms with Crippen LogP contribution in [-0.2, 0) is 14.3 Å². The third-order valence-electron chi connectivity index (χ3n) is 3.97. The minimum absolute atomic E-state index is 0.0611. The quantitative estimate of drug-likeness (QED) is 0.537. The molecule has 0 fully saturated rings. The van der Waals surface area contributed by atoms with E-state index in [1.165, 1.54) is 12.1 Å². The van der Waals surface area contributed by atoms with Crippen molar-refractivity contribution in [2.75, 3.05) is 6.61 Å². The molecule has 26 heavy (non-hydrogen) atoms. The summed E-state index contributed by atoms with van der Waals surface area (Å²) in [6.07, 6.45) is 1.64. The molecule has 0 heterocycles.